The summed E-state index contributed by atoms with van der Waals surface area (Å²) in [5.74, 6) is 1.01. The van der Waals surface area contributed by atoms with E-state index in [-0.39, 0.29) is 12.0 Å². The lowest BCUT2D eigenvalue weighted by Crippen LogP contribution is -2.29. The summed E-state index contributed by atoms with van der Waals surface area (Å²) in [6, 6.07) is 48.0. The lowest BCUT2D eigenvalue weighted by Gasteiger charge is -2.34. The molecule has 204 valence electrons. The normalized spacial score (nSPS) is 17.1. The highest BCUT2D eigenvalue weighted by Gasteiger charge is 2.41. The molecule has 2 heterocycles. The van der Waals surface area contributed by atoms with Crippen molar-refractivity contribution in [2.75, 3.05) is 4.90 Å². The molecular weight excluding hydrogens is 543 g/mol. The molecule has 0 N–H and O–H groups in total. The quantitative estimate of drug-likeness (QED) is 0.209. The molecule has 2 aliphatic rings. The highest BCUT2D eigenvalue weighted by Crippen LogP contribution is 2.53. The van der Waals surface area contributed by atoms with Gasteiger partial charge in [0.15, 0.2) is 0 Å². The minimum absolute atomic E-state index is 0.0413. The van der Waals surface area contributed by atoms with Crippen LogP contribution >= 0.6 is 11.3 Å². The van der Waals surface area contributed by atoms with Gasteiger partial charge in [-0.25, -0.2) is 0 Å². The van der Waals surface area contributed by atoms with E-state index in [0.29, 0.717) is 0 Å². The Morgan fingerprint density at radius 3 is 2.16 bits per heavy atom. The molecule has 0 radical (unpaired) electrons. The predicted octanol–water partition coefficient (Wildman–Crippen LogP) is 11.0. The van der Waals surface area contributed by atoms with Gasteiger partial charge in [0, 0.05) is 32.4 Å². The van der Waals surface area contributed by atoms with Crippen molar-refractivity contribution in [2.24, 2.45) is 0 Å². The summed E-state index contributed by atoms with van der Waals surface area (Å²) in [7, 11) is 0. The number of allylic oxidation sites excluding steroid dienone is 2. The molecule has 3 heteroatoms. The summed E-state index contributed by atoms with van der Waals surface area (Å²) in [6.45, 7) is 0. The molecule has 0 spiro atoms. The van der Waals surface area contributed by atoms with Gasteiger partial charge >= 0.3 is 0 Å². The van der Waals surface area contributed by atoms with E-state index in [1.807, 2.05) is 11.3 Å². The van der Waals surface area contributed by atoms with Crippen LogP contribution in [0.2, 0.25) is 0 Å². The summed E-state index contributed by atoms with van der Waals surface area (Å²) in [5, 5.41) is 5.11. The van der Waals surface area contributed by atoms with Crippen LogP contribution < -0.4 is 9.64 Å². The van der Waals surface area contributed by atoms with Gasteiger partial charge in [-0.05, 0) is 64.4 Å². The van der Waals surface area contributed by atoms with E-state index in [2.05, 4.69) is 157 Å². The van der Waals surface area contributed by atoms with E-state index in [0.717, 1.165) is 11.4 Å². The summed E-state index contributed by atoms with van der Waals surface area (Å²) < 4.78 is 9.42. The maximum atomic E-state index is 6.82. The fourth-order valence-corrected chi connectivity index (χ4v) is 8.19. The van der Waals surface area contributed by atoms with Gasteiger partial charge in [-0.2, -0.15) is 0 Å². The number of thiophene rings is 1. The van der Waals surface area contributed by atoms with E-state index >= 15 is 0 Å². The maximum Gasteiger partial charge on any atom is 0.130 e. The number of hydrogen-bond acceptors (Lipinski definition) is 3. The van der Waals surface area contributed by atoms with Crippen LogP contribution in [-0.4, -0.2) is 6.10 Å². The molecule has 6 aromatic carbocycles. The molecule has 43 heavy (non-hydrogen) atoms. The number of rotatable bonds is 4. The van der Waals surface area contributed by atoms with Crippen LogP contribution in [0.1, 0.15) is 11.5 Å². The zero-order chi connectivity index (χ0) is 28.3. The third-order valence-electron chi connectivity index (χ3n) is 8.82. The van der Waals surface area contributed by atoms with Crippen LogP contribution in [0.3, 0.4) is 0 Å². The molecule has 1 aromatic heterocycles. The summed E-state index contributed by atoms with van der Waals surface area (Å²) >= 11 is 1.87. The minimum Gasteiger partial charge on any atom is -0.485 e. The van der Waals surface area contributed by atoms with Crippen molar-refractivity contribution in [1.82, 2.24) is 0 Å². The number of para-hydroxylation sites is 1. The monoisotopic (exact) mass is 569 g/mol. The Morgan fingerprint density at radius 2 is 1.33 bits per heavy atom. The summed E-state index contributed by atoms with van der Waals surface area (Å²) in [5.41, 5.74) is 7.24. The van der Waals surface area contributed by atoms with Crippen molar-refractivity contribution < 1.29 is 4.74 Å². The predicted molar refractivity (Wildman–Crippen MR) is 182 cm³/mol. The highest BCUT2D eigenvalue weighted by atomic mass is 32.1. The first-order valence-corrected chi connectivity index (χ1v) is 15.6. The van der Waals surface area contributed by atoms with Gasteiger partial charge in [0.25, 0.3) is 0 Å². The van der Waals surface area contributed by atoms with Gasteiger partial charge in [-0.1, -0.05) is 109 Å². The number of nitrogens with zero attached hydrogens (tertiary/aromatic N) is 1. The molecule has 0 fully saturated rings. The molecular formula is C40H27NOS. The largest absolute Gasteiger partial charge is 0.485 e. The molecule has 0 saturated heterocycles. The molecule has 0 amide bonds. The Bertz CT molecular complexity index is 2230. The maximum absolute atomic E-state index is 6.82. The molecule has 1 aliphatic carbocycles. The van der Waals surface area contributed by atoms with Gasteiger partial charge in [0.1, 0.15) is 11.9 Å². The molecule has 0 saturated carbocycles. The van der Waals surface area contributed by atoms with Crippen molar-refractivity contribution >= 4 is 53.7 Å². The molecule has 0 bridgehead atoms. The zero-order valence-corrected chi connectivity index (χ0v) is 24.2. The Hall–Kier alpha value is -5.12. The van der Waals surface area contributed by atoms with Crippen LogP contribution in [0.25, 0.3) is 42.1 Å². The van der Waals surface area contributed by atoms with Gasteiger partial charge in [0.05, 0.1) is 16.3 Å². The number of ether oxygens (including phenoxy) is 1. The highest BCUT2D eigenvalue weighted by molar-refractivity contribution is 7.26. The van der Waals surface area contributed by atoms with Crippen molar-refractivity contribution in [2.45, 2.75) is 12.0 Å². The molecule has 9 rings (SSSR count). The second-order valence-corrected chi connectivity index (χ2v) is 12.3. The number of anilines is 2. The Labute approximate surface area is 254 Å². The van der Waals surface area contributed by atoms with Gasteiger partial charge in [0.2, 0.25) is 0 Å². The van der Waals surface area contributed by atoms with E-state index in [1.165, 1.54) is 59.0 Å². The van der Waals surface area contributed by atoms with Crippen LogP contribution in [0.4, 0.5) is 11.4 Å². The standard InChI is InChI=1S/C40H27NOS/c1-3-13-26(14-4-1)32-25-36-38(30-19-8-7-17-28(30)32)39-33(21-12-23-35(39)42-36)41(27-15-5-2-6-16-27)34-22-11-20-31-29-18-9-10-24-37(29)43-40(31)34/h1-25,35,39H. The van der Waals surface area contributed by atoms with Gasteiger partial charge in [-0.15, -0.1) is 11.3 Å². The molecule has 1 aliphatic heterocycles. The number of hydrogen-bond donors (Lipinski definition) is 0. The van der Waals surface area contributed by atoms with Crippen LogP contribution in [0.5, 0.6) is 5.75 Å². The Balaban J connectivity index is 1.29. The lowest BCUT2D eigenvalue weighted by atomic mass is 9.83. The van der Waals surface area contributed by atoms with Gasteiger partial charge in [-0.3, -0.25) is 0 Å². The average molecular weight is 570 g/mol. The first-order valence-electron chi connectivity index (χ1n) is 14.8. The van der Waals surface area contributed by atoms with Crippen LogP contribution in [0.15, 0.2) is 157 Å². The average Bonchev–Trinajstić information content (AvgIpc) is 3.65. The lowest BCUT2D eigenvalue weighted by molar-refractivity contribution is 0.264. The molecule has 7 aromatic rings. The summed E-state index contributed by atoms with van der Waals surface area (Å²) in [4.78, 5) is 2.47. The van der Waals surface area contributed by atoms with Crippen molar-refractivity contribution in [3.63, 3.8) is 0 Å². The second-order valence-electron chi connectivity index (χ2n) is 11.2. The molecule has 2 unspecified atom stereocenters. The van der Waals surface area contributed by atoms with Crippen molar-refractivity contribution in [1.29, 1.82) is 0 Å². The molecule has 2 nitrogen and oxygen atoms in total. The van der Waals surface area contributed by atoms with Crippen LogP contribution in [-0.2, 0) is 0 Å². The topological polar surface area (TPSA) is 12.5 Å². The van der Waals surface area contributed by atoms with E-state index in [4.69, 9.17) is 4.74 Å². The Kier molecular flexibility index (Phi) is 5.53. The SMILES string of the molecule is C1=CC2Oc3cc(-c4ccccc4)c4ccccc4c3C2C(N(c2ccccc2)c2cccc3c2sc2ccccc23)=C1. The fraction of sp³-hybridized carbons (Fsp3) is 0.0500. The van der Waals surface area contributed by atoms with Crippen molar-refractivity contribution in [3.05, 3.63) is 163 Å². The Morgan fingerprint density at radius 1 is 0.628 bits per heavy atom. The summed E-state index contributed by atoms with van der Waals surface area (Å²) in [6.07, 6.45) is 6.59. The molecule has 2 atom stereocenters. The van der Waals surface area contributed by atoms with E-state index in [1.54, 1.807) is 0 Å². The first-order chi connectivity index (χ1) is 21.3. The number of benzene rings is 6. The van der Waals surface area contributed by atoms with Crippen LogP contribution in [0, 0.1) is 0 Å². The second kappa shape index (κ2) is 9.72. The van der Waals surface area contributed by atoms with Gasteiger partial charge < -0.3 is 9.64 Å². The van der Waals surface area contributed by atoms with E-state index < -0.39 is 0 Å². The minimum atomic E-state index is -0.0859. The zero-order valence-electron chi connectivity index (χ0n) is 23.4. The third kappa shape index (κ3) is 3.78. The third-order valence-corrected chi connectivity index (χ3v) is 10.0. The number of fused-ring (bicyclic) bond motifs is 8. The first kappa shape index (κ1) is 24.5. The fourth-order valence-electron chi connectivity index (χ4n) is 6.99. The smallest absolute Gasteiger partial charge is 0.130 e. The van der Waals surface area contributed by atoms with E-state index in [9.17, 15) is 0 Å². The van der Waals surface area contributed by atoms with Crippen molar-refractivity contribution in [3.8, 4) is 16.9 Å².